The second kappa shape index (κ2) is 9.90. The molecule has 0 unspecified atom stereocenters. The lowest BCUT2D eigenvalue weighted by Crippen LogP contribution is -2.38. The average Bonchev–Trinajstić information content (AvgIpc) is 3.18. The van der Waals surface area contributed by atoms with Crippen LogP contribution >= 0.6 is 0 Å². The van der Waals surface area contributed by atoms with Gasteiger partial charge in [-0.25, -0.2) is 22.7 Å². The van der Waals surface area contributed by atoms with E-state index in [2.05, 4.69) is 15.4 Å². The van der Waals surface area contributed by atoms with E-state index in [1.54, 1.807) is 38.4 Å². The van der Waals surface area contributed by atoms with Gasteiger partial charge in [0.25, 0.3) is 5.91 Å². The smallest absolute Gasteiger partial charge is 0.344 e. The number of carbonyl (C=O) groups is 2. The standard InChI is InChI=1S/C23H27N5O5S/c1-16-21(22-24-13-8-14-28(22)26-16)23(30)33-15-20(29)25-18-11-6-7-12-19(18)34(31,32)27(2)17-9-4-3-5-10-17/h6-8,11-14,17H,3-5,9-10,15H2,1-2H3,(H,25,29). The number of rotatable bonds is 7. The Kier molecular flexibility index (Phi) is 6.94. The van der Waals surface area contributed by atoms with Crippen LogP contribution in [0.25, 0.3) is 5.65 Å². The summed E-state index contributed by atoms with van der Waals surface area (Å²) in [5, 5.41) is 6.77. The molecule has 2 heterocycles. The normalized spacial score (nSPS) is 14.9. The largest absolute Gasteiger partial charge is 0.452 e. The number of nitrogens with one attached hydrogen (secondary N) is 1. The number of benzene rings is 1. The highest BCUT2D eigenvalue weighted by Crippen LogP contribution is 2.29. The Morgan fingerprint density at radius 1 is 1.18 bits per heavy atom. The highest BCUT2D eigenvalue weighted by atomic mass is 32.2. The fourth-order valence-corrected chi connectivity index (χ4v) is 5.78. The number of aromatic nitrogens is 3. The van der Waals surface area contributed by atoms with E-state index >= 15 is 0 Å². The van der Waals surface area contributed by atoms with Crippen LogP contribution in [0.4, 0.5) is 5.69 Å². The Balaban J connectivity index is 1.45. The number of fused-ring (bicyclic) bond motifs is 1. The van der Waals surface area contributed by atoms with E-state index < -0.39 is 28.5 Å². The van der Waals surface area contributed by atoms with Crippen LogP contribution in [0.5, 0.6) is 0 Å². The predicted molar refractivity (Wildman–Crippen MR) is 125 cm³/mol. The summed E-state index contributed by atoms with van der Waals surface area (Å²) in [5.74, 6) is -1.39. The quantitative estimate of drug-likeness (QED) is 0.511. The summed E-state index contributed by atoms with van der Waals surface area (Å²) in [6, 6.07) is 7.84. The molecule has 1 aromatic carbocycles. The maximum atomic E-state index is 13.3. The Morgan fingerprint density at radius 3 is 2.68 bits per heavy atom. The van der Waals surface area contributed by atoms with Crippen molar-refractivity contribution in [3.05, 3.63) is 54.0 Å². The Morgan fingerprint density at radius 2 is 1.91 bits per heavy atom. The molecular weight excluding hydrogens is 458 g/mol. The van der Waals surface area contributed by atoms with Gasteiger partial charge in [0.15, 0.2) is 12.3 Å². The van der Waals surface area contributed by atoms with Crippen LogP contribution in [0.2, 0.25) is 0 Å². The molecule has 4 rings (SSSR count). The van der Waals surface area contributed by atoms with E-state index in [9.17, 15) is 18.0 Å². The molecule has 1 saturated carbocycles. The summed E-state index contributed by atoms with van der Waals surface area (Å²) in [6.07, 6.45) is 7.92. The van der Waals surface area contributed by atoms with Crippen LogP contribution in [0, 0.1) is 6.92 Å². The van der Waals surface area contributed by atoms with Gasteiger partial charge in [-0.2, -0.15) is 9.40 Å². The summed E-state index contributed by atoms with van der Waals surface area (Å²) in [6.45, 7) is 1.06. The molecule has 0 saturated heterocycles. The number of esters is 1. The van der Waals surface area contributed by atoms with Crippen LogP contribution in [0.1, 0.15) is 48.2 Å². The molecule has 10 nitrogen and oxygen atoms in total. The lowest BCUT2D eigenvalue weighted by Gasteiger charge is -2.30. The van der Waals surface area contributed by atoms with E-state index in [0.29, 0.717) is 11.3 Å². The molecule has 1 aliphatic carbocycles. The number of sulfonamides is 1. The van der Waals surface area contributed by atoms with Gasteiger partial charge < -0.3 is 10.1 Å². The summed E-state index contributed by atoms with van der Waals surface area (Å²) < 4.78 is 34.6. The summed E-state index contributed by atoms with van der Waals surface area (Å²) >= 11 is 0. The minimum atomic E-state index is -3.82. The van der Waals surface area contributed by atoms with Crippen molar-refractivity contribution in [1.29, 1.82) is 0 Å². The van der Waals surface area contributed by atoms with Crippen molar-refractivity contribution in [1.82, 2.24) is 18.9 Å². The first-order valence-electron chi connectivity index (χ1n) is 11.1. The fraction of sp³-hybridized carbons (Fsp3) is 0.391. The zero-order valence-corrected chi connectivity index (χ0v) is 19.9. The van der Waals surface area contributed by atoms with Gasteiger partial charge in [0.2, 0.25) is 10.0 Å². The zero-order chi connectivity index (χ0) is 24.3. The van der Waals surface area contributed by atoms with Crippen molar-refractivity contribution in [3.8, 4) is 0 Å². The average molecular weight is 486 g/mol. The number of amides is 1. The third-order valence-electron chi connectivity index (χ3n) is 6.02. The third-order valence-corrected chi connectivity index (χ3v) is 7.98. The molecule has 180 valence electrons. The van der Waals surface area contributed by atoms with E-state index in [4.69, 9.17) is 4.74 Å². The van der Waals surface area contributed by atoms with Gasteiger partial charge in [0, 0.05) is 25.5 Å². The minimum absolute atomic E-state index is 0.00502. The van der Waals surface area contributed by atoms with Crippen LogP contribution in [-0.4, -0.2) is 58.9 Å². The molecule has 0 radical (unpaired) electrons. The molecule has 0 bridgehead atoms. The number of ether oxygens (including phenoxy) is 1. The predicted octanol–water partition coefficient (Wildman–Crippen LogP) is 2.79. The Bertz CT molecular complexity index is 1310. The fourth-order valence-electron chi connectivity index (χ4n) is 4.22. The lowest BCUT2D eigenvalue weighted by atomic mass is 9.96. The second-order valence-corrected chi connectivity index (χ2v) is 10.2. The van der Waals surface area contributed by atoms with Gasteiger partial charge in [0.1, 0.15) is 10.5 Å². The number of carbonyl (C=O) groups excluding carboxylic acids is 2. The van der Waals surface area contributed by atoms with E-state index in [-0.39, 0.29) is 22.2 Å². The topological polar surface area (TPSA) is 123 Å². The number of aryl methyl sites for hydroxylation is 1. The minimum Gasteiger partial charge on any atom is -0.452 e. The Hall–Kier alpha value is -3.31. The highest BCUT2D eigenvalue weighted by molar-refractivity contribution is 7.89. The molecule has 1 aliphatic rings. The third kappa shape index (κ3) is 4.80. The summed E-state index contributed by atoms with van der Waals surface area (Å²) in [7, 11) is -2.24. The first-order chi connectivity index (χ1) is 16.3. The van der Waals surface area contributed by atoms with Crippen molar-refractivity contribution < 1.29 is 22.7 Å². The van der Waals surface area contributed by atoms with Crippen molar-refractivity contribution in [2.45, 2.75) is 50.0 Å². The molecule has 1 N–H and O–H groups in total. The molecule has 2 aromatic heterocycles. The molecule has 1 amide bonds. The number of hydrogen-bond acceptors (Lipinski definition) is 7. The van der Waals surface area contributed by atoms with Gasteiger partial charge in [-0.1, -0.05) is 31.4 Å². The zero-order valence-electron chi connectivity index (χ0n) is 19.1. The van der Waals surface area contributed by atoms with Gasteiger partial charge in [0.05, 0.1) is 11.4 Å². The van der Waals surface area contributed by atoms with Crippen LogP contribution < -0.4 is 5.32 Å². The van der Waals surface area contributed by atoms with E-state index in [1.165, 1.54) is 27.2 Å². The SMILES string of the molecule is Cc1nn2cccnc2c1C(=O)OCC(=O)Nc1ccccc1S(=O)(=O)N(C)C1CCCCC1. The van der Waals surface area contributed by atoms with Gasteiger partial charge >= 0.3 is 5.97 Å². The molecule has 1 fully saturated rings. The summed E-state index contributed by atoms with van der Waals surface area (Å²) in [5.41, 5.74) is 1.06. The van der Waals surface area contributed by atoms with Crippen molar-refractivity contribution in [2.75, 3.05) is 19.0 Å². The maximum absolute atomic E-state index is 13.3. The molecule has 11 heteroatoms. The summed E-state index contributed by atoms with van der Waals surface area (Å²) in [4.78, 5) is 29.3. The first kappa shape index (κ1) is 23.8. The van der Waals surface area contributed by atoms with Gasteiger partial charge in [-0.15, -0.1) is 0 Å². The van der Waals surface area contributed by atoms with Crippen LogP contribution in [0.15, 0.2) is 47.6 Å². The van der Waals surface area contributed by atoms with Crippen molar-refractivity contribution in [3.63, 3.8) is 0 Å². The van der Waals surface area contributed by atoms with E-state index in [0.717, 1.165) is 32.1 Å². The van der Waals surface area contributed by atoms with Gasteiger partial charge in [-0.05, 0) is 38.0 Å². The van der Waals surface area contributed by atoms with E-state index in [1.807, 2.05) is 0 Å². The molecule has 0 aliphatic heterocycles. The maximum Gasteiger partial charge on any atom is 0.344 e. The van der Waals surface area contributed by atoms with Crippen LogP contribution in [-0.2, 0) is 19.6 Å². The second-order valence-electron chi connectivity index (χ2n) is 8.28. The number of nitrogens with zero attached hydrogens (tertiary/aromatic N) is 4. The number of hydrogen-bond donors (Lipinski definition) is 1. The molecule has 3 aromatic rings. The molecule has 0 atom stereocenters. The van der Waals surface area contributed by atoms with Crippen LogP contribution in [0.3, 0.4) is 0 Å². The van der Waals surface area contributed by atoms with Gasteiger partial charge in [-0.3, -0.25) is 4.79 Å². The Labute approximate surface area is 198 Å². The monoisotopic (exact) mass is 485 g/mol. The van der Waals surface area contributed by atoms with Crippen molar-refractivity contribution in [2.24, 2.45) is 0 Å². The molecular formula is C23H27N5O5S. The lowest BCUT2D eigenvalue weighted by molar-refractivity contribution is -0.119. The number of para-hydroxylation sites is 1. The van der Waals surface area contributed by atoms with Crippen molar-refractivity contribution >= 4 is 33.2 Å². The highest BCUT2D eigenvalue weighted by Gasteiger charge is 2.31. The number of anilines is 1. The molecule has 34 heavy (non-hydrogen) atoms. The molecule has 0 spiro atoms. The first-order valence-corrected chi connectivity index (χ1v) is 12.6.